The quantitative estimate of drug-likeness (QED) is 0.630. The van der Waals surface area contributed by atoms with Crippen molar-refractivity contribution < 1.29 is 9.47 Å². The Morgan fingerprint density at radius 3 is 2.77 bits per heavy atom. The van der Waals surface area contributed by atoms with Crippen molar-refractivity contribution in [3.8, 4) is 0 Å². The lowest BCUT2D eigenvalue weighted by Gasteiger charge is -2.08. The normalized spacial score (nSPS) is 17.9. The minimum Gasteiger partial charge on any atom is -0.346 e. The third-order valence-electron chi connectivity index (χ3n) is 2.02. The third-order valence-corrected chi connectivity index (χ3v) is 2.02. The fraction of sp³-hybridized carbons (Fsp3) is 0.444. The van der Waals surface area contributed by atoms with E-state index in [1.54, 1.807) is 13.2 Å². The summed E-state index contributed by atoms with van der Waals surface area (Å²) >= 11 is 0. The number of hydrogen-bond donors (Lipinski definition) is 0. The summed E-state index contributed by atoms with van der Waals surface area (Å²) in [5.41, 5.74) is 0.747. The molecule has 4 nitrogen and oxygen atoms in total. The van der Waals surface area contributed by atoms with E-state index in [1.807, 2.05) is 6.07 Å². The summed E-state index contributed by atoms with van der Waals surface area (Å²) < 4.78 is 12.0. The van der Waals surface area contributed by atoms with E-state index in [2.05, 4.69) is 0 Å². The van der Waals surface area contributed by atoms with Crippen LogP contribution in [0.2, 0.25) is 0 Å². The minimum absolute atomic E-state index is 0.0448. The maximum atomic E-state index is 11.2. The molecule has 1 saturated heterocycles. The molecule has 0 aliphatic carbocycles. The lowest BCUT2D eigenvalue weighted by molar-refractivity contribution is -0.0442. The summed E-state index contributed by atoms with van der Waals surface area (Å²) in [5, 5.41) is 0. The Hall–Kier alpha value is -1.13. The van der Waals surface area contributed by atoms with Crippen molar-refractivity contribution in [2.24, 2.45) is 7.05 Å². The molecule has 0 saturated carbocycles. The Balaban J connectivity index is 2.30. The summed E-state index contributed by atoms with van der Waals surface area (Å²) in [5.74, 6) is 0. The van der Waals surface area contributed by atoms with Crippen LogP contribution in [0.15, 0.2) is 23.1 Å². The van der Waals surface area contributed by atoms with E-state index in [1.165, 1.54) is 10.6 Å². The Labute approximate surface area is 75.7 Å². The molecule has 4 heteroatoms. The van der Waals surface area contributed by atoms with E-state index in [-0.39, 0.29) is 11.8 Å². The molecular formula is C9H11NO3. The van der Waals surface area contributed by atoms with Gasteiger partial charge in [-0.05, 0) is 6.07 Å². The van der Waals surface area contributed by atoms with Gasteiger partial charge in [0.2, 0.25) is 0 Å². The first-order valence-corrected chi connectivity index (χ1v) is 4.17. The van der Waals surface area contributed by atoms with Crippen molar-refractivity contribution in [2.45, 2.75) is 6.29 Å². The van der Waals surface area contributed by atoms with Gasteiger partial charge in [-0.15, -0.1) is 0 Å². The maximum Gasteiger partial charge on any atom is 0.250 e. The molecule has 0 bridgehead atoms. The van der Waals surface area contributed by atoms with Crippen molar-refractivity contribution in [3.63, 3.8) is 0 Å². The predicted octanol–water partition coefficient (Wildman–Crippen LogP) is 0.431. The Morgan fingerprint density at radius 2 is 2.15 bits per heavy atom. The number of pyridine rings is 1. The van der Waals surface area contributed by atoms with Crippen LogP contribution in [0.5, 0.6) is 0 Å². The minimum atomic E-state index is -0.353. The Morgan fingerprint density at radius 1 is 1.46 bits per heavy atom. The van der Waals surface area contributed by atoms with Crippen LogP contribution in [0.4, 0.5) is 0 Å². The van der Waals surface area contributed by atoms with Crippen molar-refractivity contribution in [2.75, 3.05) is 13.2 Å². The average molecular weight is 181 g/mol. The maximum absolute atomic E-state index is 11.2. The number of hydrogen-bond acceptors (Lipinski definition) is 3. The largest absolute Gasteiger partial charge is 0.346 e. The first kappa shape index (κ1) is 8.47. The first-order chi connectivity index (χ1) is 6.27. The van der Waals surface area contributed by atoms with Crippen LogP contribution in [-0.2, 0) is 16.5 Å². The third kappa shape index (κ3) is 1.64. The SMILES string of the molecule is Cn1ccc(C2OCCO2)cc1=O. The van der Waals surface area contributed by atoms with Gasteiger partial charge in [0.05, 0.1) is 13.2 Å². The zero-order valence-corrected chi connectivity index (χ0v) is 7.40. The lowest BCUT2D eigenvalue weighted by atomic mass is 10.2. The van der Waals surface area contributed by atoms with Gasteiger partial charge < -0.3 is 14.0 Å². The van der Waals surface area contributed by atoms with Crippen molar-refractivity contribution in [1.29, 1.82) is 0 Å². The average Bonchev–Trinajstić information content (AvgIpc) is 2.62. The van der Waals surface area contributed by atoms with Gasteiger partial charge in [0.15, 0.2) is 6.29 Å². The van der Waals surface area contributed by atoms with E-state index in [0.717, 1.165) is 5.56 Å². The van der Waals surface area contributed by atoms with Gasteiger partial charge in [0.1, 0.15) is 0 Å². The Kier molecular flexibility index (Phi) is 2.16. The summed E-state index contributed by atoms with van der Waals surface area (Å²) in [7, 11) is 1.71. The van der Waals surface area contributed by atoms with Gasteiger partial charge in [-0.2, -0.15) is 0 Å². The lowest BCUT2D eigenvalue weighted by Crippen LogP contribution is -2.16. The monoisotopic (exact) mass is 181 g/mol. The van der Waals surface area contributed by atoms with Crippen LogP contribution in [0.25, 0.3) is 0 Å². The summed E-state index contributed by atoms with van der Waals surface area (Å²) in [6.07, 6.45) is 1.36. The molecule has 1 fully saturated rings. The highest BCUT2D eigenvalue weighted by atomic mass is 16.7. The van der Waals surface area contributed by atoms with Crippen LogP contribution in [0.3, 0.4) is 0 Å². The fourth-order valence-electron chi connectivity index (χ4n) is 1.26. The van der Waals surface area contributed by atoms with E-state index < -0.39 is 0 Å². The Bertz CT molecular complexity index is 352. The van der Waals surface area contributed by atoms with Gasteiger partial charge in [0, 0.05) is 24.9 Å². The summed E-state index contributed by atoms with van der Waals surface area (Å²) in [6.45, 7) is 1.19. The number of rotatable bonds is 1. The van der Waals surface area contributed by atoms with E-state index in [4.69, 9.17) is 9.47 Å². The smallest absolute Gasteiger partial charge is 0.250 e. The van der Waals surface area contributed by atoms with Crippen molar-refractivity contribution in [3.05, 3.63) is 34.2 Å². The molecule has 0 spiro atoms. The van der Waals surface area contributed by atoms with E-state index >= 15 is 0 Å². The second-order valence-corrected chi connectivity index (χ2v) is 2.98. The van der Waals surface area contributed by atoms with Gasteiger partial charge >= 0.3 is 0 Å². The molecular weight excluding hydrogens is 170 g/mol. The molecule has 1 aromatic heterocycles. The molecule has 1 aromatic rings. The highest BCUT2D eigenvalue weighted by Gasteiger charge is 2.18. The van der Waals surface area contributed by atoms with Gasteiger partial charge in [-0.1, -0.05) is 0 Å². The van der Waals surface area contributed by atoms with E-state index in [0.29, 0.717) is 13.2 Å². The number of aryl methyl sites for hydroxylation is 1. The molecule has 13 heavy (non-hydrogen) atoms. The second kappa shape index (κ2) is 3.32. The topological polar surface area (TPSA) is 40.5 Å². The molecule has 0 amide bonds. The molecule has 0 unspecified atom stereocenters. The molecule has 0 radical (unpaired) electrons. The van der Waals surface area contributed by atoms with E-state index in [9.17, 15) is 4.79 Å². The zero-order chi connectivity index (χ0) is 9.26. The highest BCUT2D eigenvalue weighted by molar-refractivity contribution is 5.12. The summed E-state index contributed by atoms with van der Waals surface area (Å²) in [6, 6.07) is 3.37. The van der Waals surface area contributed by atoms with Crippen LogP contribution in [0, 0.1) is 0 Å². The zero-order valence-electron chi connectivity index (χ0n) is 7.40. The molecule has 70 valence electrons. The van der Waals surface area contributed by atoms with Crippen LogP contribution in [0.1, 0.15) is 11.9 Å². The van der Waals surface area contributed by atoms with Crippen molar-refractivity contribution in [1.82, 2.24) is 4.57 Å². The molecule has 1 aliphatic heterocycles. The van der Waals surface area contributed by atoms with Gasteiger partial charge in [-0.25, -0.2) is 0 Å². The number of aromatic nitrogens is 1. The molecule has 0 N–H and O–H groups in total. The van der Waals surface area contributed by atoms with Gasteiger partial charge in [-0.3, -0.25) is 4.79 Å². The van der Waals surface area contributed by atoms with Crippen molar-refractivity contribution >= 4 is 0 Å². The number of nitrogens with zero attached hydrogens (tertiary/aromatic N) is 1. The highest BCUT2D eigenvalue weighted by Crippen LogP contribution is 2.21. The fourth-order valence-corrected chi connectivity index (χ4v) is 1.26. The predicted molar refractivity (Wildman–Crippen MR) is 46.3 cm³/mol. The molecule has 1 aliphatic rings. The molecule has 2 heterocycles. The molecule has 2 rings (SSSR count). The number of ether oxygens (including phenoxy) is 2. The summed E-state index contributed by atoms with van der Waals surface area (Å²) in [4.78, 5) is 11.2. The second-order valence-electron chi connectivity index (χ2n) is 2.98. The van der Waals surface area contributed by atoms with Crippen LogP contribution in [-0.4, -0.2) is 17.8 Å². The van der Waals surface area contributed by atoms with Crippen LogP contribution < -0.4 is 5.56 Å². The standard InChI is InChI=1S/C9H11NO3/c1-10-3-2-7(6-8(10)11)9-12-4-5-13-9/h2-3,6,9H,4-5H2,1H3. The first-order valence-electron chi connectivity index (χ1n) is 4.17. The molecule has 0 aromatic carbocycles. The van der Waals surface area contributed by atoms with Gasteiger partial charge in [0.25, 0.3) is 5.56 Å². The van der Waals surface area contributed by atoms with Crippen LogP contribution >= 0.6 is 0 Å². The molecule has 0 atom stereocenters.